The Labute approximate surface area is 189 Å². The predicted octanol–water partition coefficient (Wildman–Crippen LogP) is 2.30. The summed E-state index contributed by atoms with van der Waals surface area (Å²) in [4.78, 5) is 35.4. The predicted molar refractivity (Wildman–Crippen MR) is 116 cm³/mol. The van der Waals surface area contributed by atoms with Crippen molar-refractivity contribution >= 4 is 23.7 Å². The minimum atomic E-state index is -1.15. The molecule has 0 saturated carbocycles. The van der Waals surface area contributed by atoms with E-state index >= 15 is 0 Å². The number of nitrogens with one attached hydrogen (secondary N) is 1. The zero-order chi connectivity index (χ0) is 24.1. The van der Waals surface area contributed by atoms with Crippen molar-refractivity contribution in [1.29, 1.82) is 0 Å². The van der Waals surface area contributed by atoms with Crippen LogP contribution in [0.2, 0.25) is 0 Å². The Morgan fingerprint density at radius 2 is 1.76 bits per heavy atom. The summed E-state index contributed by atoms with van der Waals surface area (Å²) in [5.74, 6) is -0.139. The summed E-state index contributed by atoms with van der Waals surface area (Å²) in [6, 6.07) is 6.86. The van der Waals surface area contributed by atoms with E-state index in [1.807, 2.05) is 0 Å². The first kappa shape index (κ1) is 23.5. The van der Waals surface area contributed by atoms with Gasteiger partial charge in [0.05, 0.1) is 26.9 Å². The van der Waals surface area contributed by atoms with E-state index in [1.165, 1.54) is 46.5 Å². The third-order valence-corrected chi connectivity index (χ3v) is 4.74. The van der Waals surface area contributed by atoms with Gasteiger partial charge in [0.15, 0.2) is 23.9 Å². The Bertz CT molecular complexity index is 1100. The van der Waals surface area contributed by atoms with E-state index < -0.39 is 24.5 Å². The topological polar surface area (TPSA) is 130 Å². The summed E-state index contributed by atoms with van der Waals surface area (Å²) in [5.41, 5.74) is 0.936. The number of fused-ring (bicyclic) bond motifs is 1. The average molecular weight is 457 g/mol. The molecule has 0 fully saturated rings. The van der Waals surface area contributed by atoms with E-state index in [1.54, 1.807) is 18.2 Å². The highest BCUT2D eigenvalue weighted by Gasteiger charge is 2.28. The van der Waals surface area contributed by atoms with Crippen LogP contribution in [0, 0.1) is 0 Å². The highest BCUT2D eigenvalue weighted by atomic mass is 16.5. The zero-order valence-electron chi connectivity index (χ0n) is 18.5. The Morgan fingerprint density at radius 3 is 2.33 bits per heavy atom. The largest absolute Gasteiger partial charge is 0.493 e. The molecule has 3 rings (SSSR count). The average Bonchev–Trinajstić information content (AvgIpc) is 3.11. The normalized spacial score (nSPS) is 14.2. The first-order chi connectivity index (χ1) is 15.8. The van der Waals surface area contributed by atoms with Crippen LogP contribution in [0.15, 0.2) is 36.1 Å². The third kappa shape index (κ3) is 5.17. The summed E-state index contributed by atoms with van der Waals surface area (Å²) in [6.07, 6.45) is 1.55. The lowest BCUT2D eigenvalue weighted by molar-refractivity contribution is -0.141. The fourth-order valence-electron chi connectivity index (χ4n) is 3.09. The number of Topliss-reactive ketones (excluding diaryl/α,β-unsaturated/α-hetero) is 1. The van der Waals surface area contributed by atoms with Gasteiger partial charge in [0, 0.05) is 6.07 Å². The first-order valence-corrected chi connectivity index (χ1v) is 9.80. The summed E-state index contributed by atoms with van der Waals surface area (Å²) >= 11 is 0. The molecule has 2 aromatic rings. The van der Waals surface area contributed by atoms with Gasteiger partial charge in [0.25, 0.3) is 5.91 Å². The number of ether oxygens (including phenoxy) is 5. The van der Waals surface area contributed by atoms with Gasteiger partial charge in [-0.15, -0.1) is 0 Å². The van der Waals surface area contributed by atoms with Crippen LogP contribution in [0.25, 0.3) is 6.08 Å². The van der Waals surface area contributed by atoms with Crippen molar-refractivity contribution in [3.05, 3.63) is 47.2 Å². The molecule has 0 aliphatic carbocycles. The van der Waals surface area contributed by atoms with E-state index in [0.29, 0.717) is 28.4 Å². The fraction of sp³-hybridized carbons (Fsp3) is 0.261. The molecular formula is C23H23NO9. The van der Waals surface area contributed by atoms with Gasteiger partial charge >= 0.3 is 5.97 Å². The van der Waals surface area contributed by atoms with Crippen LogP contribution in [0.5, 0.6) is 28.7 Å². The van der Waals surface area contributed by atoms with Gasteiger partial charge < -0.3 is 34.1 Å². The number of aliphatic carboxylic acids is 1. The summed E-state index contributed by atoms with van der Waals surface area (Å²) < 4.78 is 27.1. The minimum absolute atomic E-state index is 0.0875. The lowest BCUT2D eigenvalue weighted by atomic mass is 10.1. The van der Waals surface area contributed by atoms with Gasteiger partial charge in [0.1, 0.15) is 17.5 Å². The SMILES string of the molecule is COc1cc(C=C2Oc3cc(OCC(=O)N[C@H](C)C(=O)O)ccc3C2=O)cc(OC)c1OC. The second kappa shape index (κ2) is 9.94. The van der Waals surface area contributed by atoms with Crippen molar-refractivity contribution in [1.82, 2.24) is 5.32 Å². The number of ketones is 1. The molecule has 1 aliphatic heterocycles. The molecule has 0 aromatic heterocycles. The number of amides is 1. The van der Waals surface area contributed by atoms with Crippen LogP contribution in [-0.4, -0.2) is 56.7 Å². The molecule has 2 aromatic carbocycles. The van der Waals surface area contributed by atoms with Crippen molar-refractivity contribution in [2.75, 3.05) is 27.9 Å². The number of carbonyl (C=O) groups excluding carboxylic acids is 2. The standard InChI is InChI=1S/C23H23NO9/c1-12(23(27)28)24-20(25)11-32-14-5-6-15-16(10-14)33-17(21(15)26)7-13-8-18(29-2)22(31-4)19(9-13)30-3/h5-10,12H,11H2,1-4H3,(H,24,25)(H,27,28)/t12-/m1/s1. The highest BCUT2D eigenvalue weighted by Crippen LogP contribution is 2.40. The van der Waals surface area contributed by atoms with Crippen molar-refractivity contribution in [2.45, 2.75) is 13.0 Å². The molecule has 0 saturated heterocycles. The molecule has 1 heterocycles. The van der Waals surface area contributed by atoms with Crippen molar-refractivity contribution < 1.29 is 43.2 Å². The number of methoxy groups -OCH3 is 3. The van der Waals surface area contributed by atoms with Crippen LogP contribution in [0.3, 0.4) is 0 Å². The molecule has 10 heteroatoms. The van der Waals surface area contributed by atoms with Crippen LogP contribution in [0.1, 0.15) is 22.8 Å². The van der Waals surface area contributed by atoms with Crippen LogP contribution < -0.4 is 29.0 Å². The lowest BCUT2D eigenvalue weighted by Crippen LogP contribution is -2.40. The van der Waals surface area contributed by atoms with Crippen LogP contribution in [-0.2, 0) is 9.59 Å². The Kier molecular flexibility index (Phi) is 7.07. The zero-order valence-corrected chi connectivity index (χ0v) is 18.5. The Balaban J connectivity index is 1.76. The minimum Gasteiger partial charge on any atom is -0.493 e. The van der Waals surface area contributed by atoms with Crippen molar-refractivity contribution in [2.24, 2.45) is 0 Å². The molecular weight excluding hydrogens is 434 g/mol. The summed E-state index contributed by atoms with van der Waals surface area (Å²) in [5, 5.41) is 11.1. The van der Waals surface area contributed by atoms with Crippen molar-refractivity contribution in [3.8, 4) is 28.7 Å². The number of carboxylic acids is 1. The number of hydrogen-bond acceptors (Lipinski definition) is 8. The maximum Gasteiger partial charge on any atom is 0.325 e. The number of rotatable bonds is 9. The summed E-state index contributed by atoms with van der Waals surface area (Å²) in [6.45, 7) is 0.954. The molecule has 174 valence electrons. The third-order valence-electron chi connectivity index (χ3n) is 4.74. The maximum absolute atomic E-state index is 12.8. The van der Waals surface area contributed by atoms with E-state index in [9.17, 15) is 14.4 Å². The van der Waals surface area contributed by atoms with Crippen LogP contribution >= 0.6 is 0 Å². The molecule has 1 amide bonds. The van der Waals surface area contributed by atoms with Gasteiger partial charge in [-0.3, -0.25) is 14.4 Å². The number of carboxylic acid groups (broad SMARTS) is 1. The molecule has 2 N–H and O–H groups in total. The molecule has 1 atom stereocenters. The van der Waals surface area contributed by atoms with Gasteiger partial charge in [0.2, 0.25) is 11.5 Å². The number of allylic oxidation sites excluding steroid dienone is 1. The second-order valence-electron chi connectivity index (χ2n) is 6.97. The molecule has 10 nitrogen and oxygen atoms in total. The smallest absolute Gasteiger partial charge is 0.325 e. The monoisotopic (exact) mass is 457 g/mol. The molecule has 0 bridgehead atoms. The molecule has 0 unspecified atom stereocenters. The van der Waals surface area contributed by atoms with E-state index in [0.717, 1.165) is 0 Å². The van der Waals surface area contributed by atoms with E-state index in [-0.39, 0.29) is 23.0 Å². The highest BCUT2D eigenvalue weighted by molar-refractivity contribution is 6.14. The van der Waals surface area contributed by atoms with Gasteiger partial charge in [-0.05, 0) is 42.8 Å². The van der Waals surface area contributed by atoms with Gasteiger partial charge in [-0.2, -0.15) is 0 Å². The number of hydrogen-bond donors (Lipinski definition) is 2. The number of benzene rings is 2. The van der Waals surface area contributed by atoms with E-state index in [4.69, 9.17) is 28.8 Å². The summed E-state index contributed by atoms with van der Waals surface area (Å²) in [7, 11) is 4.48. The van der Waals surface area contributed by atoms with Crippen molar-refractivity contribution in [3.63, 3.8) is 0 Å². The van der Waals surface area contributed by atoms with E-state index in [2.05, 4.69) is 5.32 Å². The maximum atomic E-state index is 12.8. The molecule has 33 heavy (non-hydrogen) atoms. The quantitative estimate of drug-likeness (QED) is 0.545. The Hall–Kier alpha value is -4.21. The first-order valence-electron chi connectivity index (χ1n) is 9.80. The molecule has 0 radical (unpaired) electrons. The fourth-order valence-corrected chi connectivity index (χ4v) is 3.09. The van der Waals surface area contributed by atoms with Crippen LogP contribution in [0.4, 0.5) is 0 Å². The Morgan fingerprint density at radius 1 is 1.09 bits per heavy atom. The second-order valence-corrected chi connectivity index (χ2v) is 6.97. The number of carbonyl (C=O) groups is 3. The molecule has 0 spiro atoms. The molecule has 1 aliphatic rings. The lowest BCUT2D eigenvalue weighted by Gasteiger charge is -2.13. The van der Waals surface area contributed by atoms with Gasteiger partial charge in [-0.1, -0.05) is 0 Å². The van der Waals surface area contributed by atoms with Gasteiger partial charge in [-0.25, -0.2) is 0 Å².